The van der Waals surface area contributed by atoms with Crippen molar-refractivity contribution in [2.75, 3.05) is 37.3 Å². The highest BCUT2D eigenvalue weighted by atomic mass is 32.2. The molecule has 154 valence electrons. The Kier molecular flexibility index (Phi) is 6.74. The summed E-state index contributed by atoms with van der Waals surface area (Å²) in [6.07, 6.45) is 0. The number of hydrogen-bond donors (Lipinski definition) is 1. The maximum atomic E-state index is 12.8. The van der Waals surface area contributed by atoms with Gasteiger partial charge in [-0.1, -0.05) is 26.0 Å². The molecule has 0 unspecified atom stereocenters. The van der Waals surface area contributed by atoms with Crippen LogP contribution >= 0.6 is 0 Å². The third-order valence-corrected chi connectivity index (χ3v) is 7.32. The predicted molar refractivity (Wildman–Crippen MR) is 113 cm³/mol. The van der Waals surface area contributed by atoms with E-state index in [4.69, 9.17) is 0 Å². The molecule has 0 aromatic heterocycles. The van der Waals surface area contributed by atoms with Crippen molar-refractivity contribution in [1.29, 1.82) is 0 Å². The molecule has 0 saturated heterocycles. The van der Waals surface area contributed by atoms with Crippen molar-refractivity contribution in [2.24, 2.45) is 5.92 Å². The van der Waals surface area contributed by atoms with E-state index in [1.807, 2.05) is 24.1 Å². The van der Waals surface area contributed by atoms with Gasteiger partial charge in [-0.25, -0.2) is 21.1 Å². The van der Waals surface area contributed by atoms with Crippen molar-refractivity contribution in [3.05, 3.63) is 48.5 Å². The van der Waals surface area contributed by atoms with E-state index in [0.717, 1.165) is 16.5 Å². The SMILES string of the molecule is CC(C)CN(C)c1ccccc1NS(=O)(=O)c1ccc(S(=O)(=O)N(C)C)cc1. The van der Waals surface area contributed by atoms with Crippen LogP contribution in [0, 0.1) is 5.92 Å². The maximum Gasteiger partial charge on any atom is 0.261 e. The fourth-order valence-corrected chi connectivity index (χ4v) is 4.72. The van der Waals surface area contributed by atoms with Crippen LogP contribution in [0.1, 0.15) is 13.8 Å². The van der Waals surface area contributed by atoms with Crippen LogP contribution in [0.4, 0.5) is 11.4 Å². The molecule has 9 heteroatoms. The molecule has 0 aliphatic rings. The Morgan fingerprint density at radius 2 is 1.39 bits per heavy atom. The molecule has 1 N–H and O–H groups in total. The highest BCUT2D eigenvalue weighted by molar-refractivity contribution is 7.92. The van der Waals surface area contributed by atoms with Gasteiger partial charge in [-0.15, -0.1) is 0 Å². The molecule has 0 amide bonds. The Balaban J connectivity index is 2.33. The van der Waals surface area contributed by atoms with Crippen LogP contribution in [0.5, 0.6) is 0 Å². The Labute approximate surface area is 168 Å². The quantitative estimate of drug-likeness (QED) is 0.703. The van der Waals surface area contributed by atoms with Crippen molar-refractivity contribution >= 4 is 31.4 Å². The molecule has 2 aromatic rings. The third-order valence-electron chi connectivity index (χ3n) is 4.11. The van der Waals surface area contributed by atoms with Crippen molar-refractivity contribution in [3.8, 4) is 0 Å². The monoisotopic (exact) mass is 425 g/mol. The summed E-state index contributed by atoms with van der Waals surface area (Å²) in [5, 5.41) is 0. The Hall–Kier alpha value is -2.10. The average molecular weight is 426 g/mol. The highest BCUT2D eigenvalue weighted by Gasteiger charge is 2.21. The average Bonchev–Trinajstić information content (AvgIpc) is 2.61. The van der Waals surface area contributed by atoms with Gasteiger partial charge in [0, 0.05) is 27.7 Å². The lowest BCUT2D eigenvalue weighted by Gasteiger charge is -2.24. The molecular formula is C19H27N3O4S2. The van der Waals surface area contributed by atoms with Crippen molar-refractivity contribution in [3.63, 3.8) is 0 Å². The summed E-state index contributed by atoms with van der Waals surface area (Å²) in [4.78, 5) is 2.02. The number of sulfonamides is 2. The topological polar surface area (TPSA) is 86.8 Å². The van der Waals surface area contributed by atoms with Crippen LogP contribution in [-0.2, 0) is 20.0 Å². The fraction of sp³-hybridized carbons (Fsp3) is 0.368. The van der Waals surface area contributed by atoms with Crippen LogP contribution in [-0.4, -0.2) is 48.8 Å². The molecule has 0 spiro atoms. The van der Waals surface area contributed by atoms with Gasteiger partial charge in [-0.3, -0.25) is 4.72 Å². The lowest BCUT2D eigenvalue weighted by molar-refractivity contribution is 0.520. The molecule has 0 bridgehead atoms. The summed E-state index contributed by atoms with van der Waals surface area (Å²) in [6, 6.07) is 12.3. The number of anilines is 2. The number of benzene rings is 2. The summed E-state index contributed by atoms with van der Waals surface area (Å²) < 4.78 is 53.6. The zero-order valence-corrected chi connectivity index (χ0v) is 18.4. The van der Waals surface area contributed by atoms with Crippen LogP contribution < -0.4 is 9.62 Å². The fourth-order valence-electron chi connectivity index (χ4n) is 2.74. The summed E-state index contributed by atoms with van der Waals surface area (Å²) >= 11 is 0. The number of nitrogens with one attached hydrogen (secondary N) is 1. The first-order valence-electron chi connectivity index (χ1n) is 8.80. The first-order valence-corrected chi connectivity index (χ1v) is 11.7. The van der Waals surface area contributed by atoms with Crippen molar-refractivity contribution < 1.29 is 16.8 Å². The Morgan fingerprint density at radius 1 is 0.857 bits per heavy atom. The highest BCUT2D eigenvalue weighted by Crippen LogP contribution is 2.28. The zero-order valence-electron chi connectivity index (χ0n) is 16.7. The summed E-state index contributed by atoms with van der Waals surface area (Å²) in [5.74, 6) is 0.417. The minimum atomic E-state index is -3.87. The molecule has 7 nitrogen and oxygen atoms in total. The van der Waals surface area contributed by atoms with E-state index in [-0.39, 0.29) is 9.79 Å². The van der Waals surface area contributed by atoms with E-state index < -0.39 is 20.0 Å². The van der Waals surface area contributed by atoms with Gasteiger partial charge in [0.05, 0.1) is 21.2 Å². The van der Waals surface area contributed by atoms with Gasteiger partial charge in [0.15, 0.2) is 0 Å². The van der Waals surface area contributed by atoms with E-state index in [9.17, 15) is 16.8 Å². The molecule has 2 aromatic carbocycles. The largest absolute Gasteiger partial charge is 0.373 e. The minimum Gasteiger partial charge on any atom is -0.373 e. The number of rotatable bonds is 8. The van der Waals surface area contributed by atoms with Gasteiger partial charge in [0.2, 0.25) is 10.0 Å². The van der Waals surface area contributed by atoms with Gasteiger partial charge in [0.25, 0.3) is 10.0 Å². The molecule has 28 heavy (non-hydrogen) atoms. The third kappa shape index (κ3) is 5.03. The van der Waals surface area contributed by atoms with E-state index in [1.165, 1.54) is 38.4 Å². The van der Waals surface area contributed by atoms with Crippen molar-refractivity contribution in [2.45, 2.75) is 23.6 Å². The second-order valence-electron chi connectivity index (χ2n) is 7.16. The minimum absolute atomic E-state index is 0.00785. The number of para-hydroxylation sites is 2. The molecule has 0 radical (unpaired) electrons. The molecule has 0 heterocycles. The van der Waals surface area contributed by atoms with Gasteiger partial charge in [-0.05, 0) is 42.3 Å². The van der Waals surface area contributed by atoms with Gasteiger partial charge < -0.3 is 4.90 Å². The van der Waals surface area contributed by atoms with Crippen LogP contribution in [0.15, 0.2) is 58.3 Å². The van der Waals surface area contributed by atoms with Crippen LogP contribution in [0.2, 0.25) is 0 Å². The van der Waals surface area contributed by atoms with Gasteiger partial charge in [-0.2, -0.15) is 0 Å². The molecule has 0 fully saturated rings. The summed E-state index contributed by atoms with van der Waals surface area (Å²) in [6.45, 7) is 4.95. The number of hydrogen-bond acceptors (Lipinski definition) is 5. The van der Waals surface area contributed by atoms with E-state index >= 15 is 0 Å². The molecular weight excluding hydrogens is 398 g/mol. The van der Waals surface area contributed by atoms with Crippen LogP contribution in [0.25, 0.3) is 0 Å². The van der Waals surface area contributed by atoms with Crippen molar-refractivity contribution in [1.82, 2.24) is 4.31 Å². The summed E-state index contributed by atoms with van der Waals surface area (Å²) in [5.41, 5.74) is 1.24. The molecule has 0 saturated carbocycles. The Morgan fingerprint density at radius 3 is 1.93 bits per heavy atom. The zero-order chi connectivity index (χ0) is 21.1. The lowest BCUT2D eigenvalue weighted by Crippen LogP contribution is -2.24. The Bertz CT molecular complexity index is 1020. The van der Waals surface area contributed by atoms with Gasteiger partial charge in [0.1, 0.15) is 0 Å². The number of nitrogens with zero attached hydrogens (tertiary/aromatic N) is 2. The first kappa shape index (κ1) is 22.2. The molecule has 0 aliphatic heterocycles. The smallest absolute Gasteiger partial charge is 0.261 e. The molecule has 2 rings (SSSR count). The standard InChI is InChI=1S/C19H27N3O4S2/c1-15(2)14-22(5)19-9-7-6-8-18(19)20-27(23,24)16-10-12-17(13-11-16)28(25,26)21(3)4/h6-13,15,20H,14H2,1-5H3. The summed E-state index contributed by atoms with van der Waals surface area (Å²) in [7, 11) is -2.73. The van der Waals surface area contributed by atoms with E-state index in [0.29, 0.717) is 11.6 Å². The second kappa shape index (κ2) is 8.50. The predicted octanol–water partition coefficient (Wildman–Crippen LogP) is 2.83. The van der Waals surface area contributed by atoms with Gasteiger partial charge >= 0.3 is 0 Å². The second-order valence-corrected chi connectivity index (χ2v) is 11.0. The van der Waals surface area contributed by atoms with E-state index in [2.05, 4.69) is 18.6 Å². The maximum absolute atomic E-state index is 12.8. The van der Waals surface area contributed by atoms with E-state index in [1.54, 1.807) is 12.1 Å². The lowest BCUT2D eigenvalue weighted by atomic mass is 10.2. The van der Waals surface area contributed by atoms with Crippen LogP contribution in [0.3, 0.4) is 0 Å². The first-order chi connectivity index (χ1) is 12.9. The normalized spacial score (nSPS) is 12.4. The molecule has 0 atom stereocenters. The molecule has 0 aliphatic carbocycles.